The van der Waals surface area contributed by atoms with Crippen molar-refractivity contribution in [3.05, 3.63) is 106 Å². The van der Waals surface area contributed by atoms with Crippen LogP contribution in [0.25, 0.3) is 11.1 Å². The Morgan fingerprint density at radius 1 is 0.919 bits per heavy atom. The second-order valence-corrected chi connectivity index (χ2v) is 10.4. The Morgan fingerprint density at radius 3 is 2.68 bits per heavy atom. The number of nitrogens with one attached hydrogen (secondary N) is 1. The summed E-state index contributed by atoms with van der Waals surface area (Å²) in [6.45, 7) is 8.32. The molecule has 6 nitrogen and oxygen atoms in total. The lowest BCUT2D eigenvalue weighted by Crippen LogP contribution is -2.28. The van der Waals surface area contributed by atoms with Gasteiger partial charge in [0.1, 0.15) is 11.6 Å². The summed E-state index contributed by atoms with van der Waals surface area (Å²) in [4.78, 5) is 15.2. The summed E-state index contributed by atoms with van der Waals surface area (Å²) in [5.74, 6) is 1.97. The highest BCUT2D eigenvalue weighted by Crippen LogP contribution is 2.36. The second kappa shape index (κ2) is 9.94. The summed E-state index contributed by atoms with van der Waals surface area (Å²) in [7, 11) is 0. The largest absolute Gasteiger partial charge is 0.352 e. The monoisotopic (exact) mass is 491 g/mol. The Bertz CT molecular complexity index is 1470. The maximum atomic E-state index is 12.6. The van der Waals surface area contributed by atoms with E-state index in [1.165, 1.54) is 27.8 Å². The highest BCUT2D eigenvalue weighted by Gasteiger charge is 2.21. The highest BCUT2D eigenvalue weighted by molar-refractivity contribution is 5.95. The molecule has 6 heteroatoms. The van der Waals surface area contributed by atoms with Crippen molar-refractivity contribution in [2.24, 2.45) is 0 Å². The van der Waals surface area contributed by atoms with E-state index in [4.69, 9.17) is 0 Å². The SMILES string of the molecule is Cc1ccc(C(=O)NCCc2nnc3n2CCN(Cc2ccc4c(c2)Cc2ccccc2-4)CC3)c(C)c1. The van der Waals surface area contributed by atoms with Gasteiger partial charge in [-0.25, -0.2) is 0 Å². The van der Waals surface area contributed by atoms with Crippen LogP contribution in [0.1, 0.15) is 49.8 Å². The third-order valence-electron chi connectivity index (χ3n) is 7.72. The number of aromatic nitrogens is 3. The van der Waals surface area contributed by atoms with Crippen LogP contribution in [0, 0.1) is 13.8 Å². The Labute approximate surface area is 218 Å². The first kappa shape index (κ1) is 23.6. The Balaban J connectivity index is 1.05. The smallest absolute Gasteiger partial charge is 0.251 e. The van der Waals surface area contributed by atoms with Gasteiger partial charge in [-0.05, 0) is 59.7 Å². The predicted molar refractivity (Wildman–Crippen MR) is 146 cm³/mol. The highest BCUT2D eigenvalue weighted by atomic mass is 16.1. The minimum Gasteiger partial charge on any atom is -0.352 e. The lowest BCUT2D eigenvalue weighted by molar-refractivity contribution is 0.0953. The van der Waals surface area contributed by atoms with Crippen LogP contribution in [0.5, 0.6) is 0 Å². The number of hydrogen-bond acceptors (Lipinski definition) is 4. The molecule has 0 saturated heterocycles. The van der Waals surface area contributed by atoms with Crippen LogP contribution in [-0.2, 0) is 32.4 Å². The third-order valence-corrected chi connectivity index (χ3v) is 7.72. The first-order chi connectivity index (χ1) is 18.0. The lowest BCUT2D eigenvalue weighted by atomic mass is 10.0. The van der Waals surface area contributed by atoms with Crippen molar-refractivity contribution in [2.75, 3.05) is 19.6 Å². The summed E-state index contributed by atoms with van der Waals surface area (Å²) in [5.41, 5.74) is 9.91. The van der Waals surface area contributed by atoms with Gasteiger partial charge in [-0.1, -0.05) is 60.2 Å². The number of aryl methyl sites for hydroxylation is 2. The van der Waals surface area contributed by atoms with Crippen molar-refractivity contribution in [3.8, 4) is 11.1 Å². The number of amides is 1. The van der Waals surface area contributed by atoms with E-state index in [0.29, 0.717) is 13.0 Å². The summed E-state index contributed by atoms with van der Waals surface area (Å²) >= 11 is 0. The van der Waals surface area contributed by atoms with Gasteiger partial charge in [0.05, 0.1) is 0 Å². The van der Waals surface area contributed by atoms with Crippen LogP contribution in [0.15, 0.2) is 60.7 Å². The summed E-state index contributed by atoms with van der Waals surface area (Å²) in [6.07, 6.45) is 2.59. The van der Waals surface area contributed by atoms with E-state index in [0.717, 1.165) is 67.4 Å². The molecule has 0 unspecified atom stereocenters. The van der Waals surface area contributed by atoms with E-state index in [9.17, 15) is 4.79 Å². The molecule has 0 bridgehead atoms. The van der Waals surface area contributed by atoms with Crippen LogP contribution in [0.2, 0.25) is 0 Å². The topological polar surface area (TPSA) is 63.1 Å². The van der Waals surface area contributed by atoms with Gasteiger partial charge in [0.15, 0.2) is 0 Å². The standard InChI is InChI=1S/C31H33N5O/c1-21-7-9-26(22(2)17-21)31(37)32-13-11-29-33-34-30-12-14-35(15-16-36(29)30)20-23-8-10-28-25(18-23)19-24-5-3-4-6-27(24)28/h3-10,17-18H,11-16,19-20H2,1-2H3,(H,32,37). The first-order valence-electron chi connectivity index (χ1n) is 13.2. The fourth-order valence-electron chi connectivity index (χ4n) is 5.78. The molecular weight excluding hydrogens is 458 g/mol. The molecule has 1 amide bonds. The molecule has 1 aliphatic heterocycles. The van der Waals surface area contributed by atoms with Crippen molar-refractivity contribution in [3.63, 3.8) is 0 Å². The quantitative estimate of drug-likeness (QED) is 0.380. The average molecular weight is 492 g/mol. The third kappa shape index (κ3) is 4.81. The van der Waals surface area contributed by atoms with Gasteiger partial charge in [-0.3, -0.25) is 9.69 Å². The Hall–Kier alpha value is -3.77. The number of carbonyl (C=O) groups excluding carboxylic acids is 1. The van der Waals surface area contributed by atoms with E-state index < -0.39 is 0 Å². The predicted octanol–water partition coefficient (Wildman–Crippen LogP) is 4.50. The van der Waals surface area contributed by atoms with E-state index in [1.807, 2.05) is 32.0 Å². The van der Waals surface area contributed by atoms with E-state index in [1.54, 1.807) is 0 Å². The van der Waals surface area contributed by atoms with E-state index in [2.05, 4.69) is 67.4 Å². The maximum Gasteiger partial charge on any atom is 0.251 e. The molecule has 0 atom stereocenters. The number of carbonyl (C=O) groups is 1. The molecule has 188 valence electrons. The molecule has 0 saturated carbocycles. The molecule has 2 aliphatic rings. The van der Waals surface area contributed by atoms with E-state index >= 15 is 0 Å². The van der Waals surface area contributed by atoms with Crippen molar-refractivity contribution in [2.45, 2.75) is 46.2 Å². The minimum atomic E-state index is -0.0308. The normalized spacial score (nSPS) is 14.5. The van der Waals surface area contributed by atoms with Crippen molar-refractivity contribution < 1.29 is 4.79 Å². The fraction of sp³-hybridized carbons (Fsp3) is 0.323. The van der Waals surface area contributed by atoms with Gasteiger partial charge < -0.3 is 9.88 Å². The molecule has 6 rings (SSSR count). The molecule has 1 aliphatic carbocycles. The number of benzene rings is 3. The molecule has 2 heterocycles. The van der Waals surface area contributed by atoms with Crippen LogP contribution >= 0.6 is 0 Å². The van der Waals surface area contributed by atoms with Crippen molar-refractivity contribution in [1.29, 1.82) is 0 Å². The maximum absolute atomic E-state index is 12.6. The van der Waals surface area contributed by atoms with E-state index in [-0.39, 0.29) is 5.91 Å². The number of hydrogen-bond donors (Lipinski definition) is 1. The molecule has 0 spiro atoms. The van der Waals surface area contributed by atoms with Gasteiger partial charge >= 0.3 is 0 Å². The molecule has 3 aromatic carbocycles. The Kier molecular flexibility index (Phi) is 6.35. The zero-order valence-corrected chi connectivity index (χ0v) is 21.6. The molecule has 1 aromatic heterocycles. The van der Waals surface area contributed by atoms with Crippen LogP contribution in [0.3, 0.4) is 0 Å². The summed E-state index contributed by atoms with van der Waals surface area (Å²) < 4.78 is 2.25. The minimum absolute atomic E-state index is 0.0308. The van der Waals surface area contributed by atoms with Crippen LogP contribution < -0.4 is 5.32 Å². The van der Waals surface area contributed by atoms with Crippen molar-refractivity contribution >= 4 is 5.91 Å². The lowest BCUT2D eigenvalue weighted by Gasteiger charge is -2.20. The molecule has 4 aromatic rings. The van der Waals surface area contributed by atoms with Crippen LogP contribution in [0.4, 0.5) is 0 Å². The molecule has 1 N–H and O–H groups in total. The Morgan fingerprint density at radius 2 is 1.78 bits per heavy atom. The summed E-state index contributed by atoms with van der Waals surface area (Å²) in [5, 5.41) is 12.0. The molecule has 37 heavy (non-hydrogen) atoms. The van der Waals surface area contributed by atoms with Gasteiger partial charge in [0.25, 0.3) is 5.91 Å². The zero-order chi connectivity index (χ0) is 25.4. The van der Waals surface area contributed by atoms with Gasteiger partial charge in [-0.2, -0.15) is 0 Å². The number of fused-ring (bicyclic) bond motifs is 4. The second-order valence-electron chi connectivity index (χ2n) is 10.4. The first-order valence-corrected chi connectivity index (χ1v) is 13.2. The van der Waals surface area contributed by atoms with Gasteiger partial charge in [0, 0.05) is 51.1 Å². The number of rotatable bonds is 6. The average Bonchev–Trinajstić information content (AvgIpc) is 3.39. The molecule has 0 fully saturated rings. The summed E-state index contributed by atoms with van der Waals surface area (Å²) in [6, 6.07) is 21.6. The number of nitrogens with zero attached hydrogens (tertiary/aromatic N) is 4. The van der Waals surface area contributed by atoms with Crippen LogP contribution in [-0.4, -0.2) is 45.2 Å². The zero-order valence-electron chi connectivity index (χ0n) is 21.6. The van der Waals surface area contributed by atoms with Crippen molar-refractivity contribution in [1.82, 2.24) is 25.0 Å². The molecular formula is C31H33N5O. The fourth-order valence-corrected chi connectivity index (χ4v) is 5.78. The van der Waals surface area contributed by atoms with Gasteiger partial charge in [-0.15, -0.1) is 10.2 Å². The molecule has 0 radical (unpaired) electrons. The van der Waals surface area contributed by atoms with Gasteiger partial charge in [0.2, 0.25) is 0 Å².